The van der Waals surface area contributed by atoms with Crippen LogP contribution in [0, 0.1) is 0 Å². The Hall–Kier alpha value is -2.24. The zero-order valence-corrected chi connectivity index (χ0v) is 13.2. The number of hydrogen-bond donors (Lipinski definition) is 2. The molecule has 2 aliphatic heterocycles. The topological polar surface area (TPSA) is 72.9 Å². The molecule has 124 valence electrons. The SMILES string of the molecule is O=C(O)CCCNC(=O)N1CCCN2c3ccccc3CC2C1. The summed E-state index contributed by atoms with van der Waals surface area (Å²) in [6, 6.07) is 8.74. The second kappa shape index (κ2) is 6.89. The molecule has 23 heavy (non-hydrogen) atoms. The van der Waals surface area contributed by atoms with Crippen molar-refractivity contribution in [1.82, 2.24) is 10.2 Å². The van der Waals surface area contributed by atoms with Crippen LogP contribution < -0.4 is 10.2 Å². The Kier molecular flexibility index (Phi) is 4.69. The number of nitrogens with one attached hydrogen (secondary N) is 1. The normalized spacial score (nSPS) is 19.7. The largest absolute Gasteiger partial charge is 0.481 e. The van der Waals surface area contributed by atoms with Crippen molar-refractivity contribution >= 4 is 17.7 Å². The van der Waals surface area contributed by atoms with Gasteiger partial charge in [-0.2, -0.15) is 0 Å². The van der Waals surface area contributed by atoms with Crippen LogP contribution in [0.5, 0.6) is 0 Å². The second-order valence-electron chi connectivity index (χ2n) is 6.21. The van der Waals surface area contributed by atoms with Crippen LogP contribution in [0.1, 0.15) is 24.8 Å². The van der Waals surface area contributed by atoms with Crippen LogP contribution in [0.3, 0.4) is 0 Å². The van der Waals surface area contributed by atoms with Gasteiger partial charge in [-0.1, -0.05) is 18.2 Å². The van der Waals surface area contributed by atoms with Gasteiger partial charge in [0.05, 0.1) is 6.04 Å². The summed E-state index contributed by atoms with van der Waals surface area (Å²) in [5, 5.41) is 11.5. The first-order valence-corrected chi connectivity index (χ1v) is 8.24. The smallest absolute Gasteiger partial charge is 0.317 e. The van der Waals surface area contributed by atoms with Crippen LogP contribution in [-0.2, 0) is 11.2 Å². The van der Waals surface area contributed by atoms with E-state index in [9.17, 15) is 9.59 Å². The number of carboxylic acids is 1. The number of hydrogen-bond acceptors (Lipinski definition) is 3. The fourth-order valence-electron chi connectivity index (χ4n) is 3.50. The molecule has 6 nitrogen and oxygen atoms in total. The van der Waals surface area contributed by atoms with Gasteiger partial charge in [-0.05, 0) is 30.9 Å². The van der Waals surface area contributed by atoms with Crippen LogP contribution in [-0.4, -0.2) is 54.2 Å². The van der Waals surface area contributed by atoms with Gasteiger partial charge in [0, 0.05) is 38.3 Å². The van der Waals surface area contributed by atoms with Crippen molar-refractivity contribution in [2.75, 3.05) is 31.1 Å². The molecule has 1 aromatic rings. The van der Waals surface area contributed by atoms with Crippen molar-refractivity contribution in [3.8, 4) is 0 Å². The van der Waals surface area contributed by atoms with Crippen LogP contribution in [0.25, 0.3) is 0 Å². The third kappa shape index (κ3) is 3.57. The zero-order valence-electron chi connectivity index (χ0n) is 13.2. The van der Waals surface area contributed by atoms with Crippen LogP contribution >= 0.6 is 0 Å². The minimum atomic E-state index is -0.826. The number of nitrogens with zero attached hydrogens (tertiary/aromatic N) is 2. The average Bonchev–Trinajstić information content (AvgIpc) is 2.74. The monoisotopic (exact) mass is 317 g/mol. The molecule has 6 heteroatoms. The number of carboxylic acid groups (broad SMARTS) is 1. The maximum Gasteiger partial charge on any atom is 0.317 e. The van der Waals surface area contributed by atoms with E-state index < -0.39 is 5.97 Å². The molecule has 2 heterocycles. The summed E-state index contributed by atoms with van der Waals surface area (Å²) in [5.41, 5.74) is 2.67. The highest BCUT2D eigenvalue weighted by atomic mass is 16.4. The van der Waals surface area contributed by atoms with Crippen LogP contribution in [0.4, 0.5) is 10.5 Å². The van der Waals surface area contributed by atoms with E-state index in [4.69, 9.17) is 5.11 Å². The van der Waals surface area contributed by atoms with Gasteiger partial charge in [0.25, 0.3) is 0 Å². The van der Waals surface area contributed by atoms with E-state index in [-0.39, 0.29) is 12.5 Å². The van der Waals surface area contributed by atoms with Crippen molar-refractivity contribution in [2.24, 2.45) is 0 Å². The first kappa shape index (κ1) is 15.6. The molecule has 0 bridgehead atoms. The van der Waals surface area contributed by atoms with Crippen molar-refractivity contribution in [1.29, 1.82) is 0 Å². The number of anilines is 1. The predicted octanol–water partition coefficient (Wildman–Crippen LogP) is 1.70. The molecule has 2 amide bonds. The first-order valence-electron chi connectivity index (χ1n) is 8.24. The minimum Gasteiger partial charge on any atom is -0.481 e. The van der Waals surface area contributed by atoms with E-state index in [0.717, 1.165) is 32.5 Å². The molecule has 1 aromatic carbocycles. The third-order valence-electron chi connectivity index (χ3n) is 4.59. The molecule has 3 rings (SSSR count). The highest BCUT2D eigenvalue weighted by molar-refractivity contribution is 5.74. The van der Waals surface area contributed by atoms with Gasteiger partial charge < -0.3 is 20.2 Å². The molecule has 0 radical (unpaired) electrons. The Bertz CT molecular complexity index is 590. The highest BCUT2D eigenvalue weighted by Gasteiger charge is 2.33. The van der Waals surface area contributed by atoms with Crippen molar-refractivity contribution < 1.29 is 14.7 Å². The van der Waals surface area contributed by atoms with E-state index in [1.54, 1.807) is 0 Å². The molecule has 1 fully saturated rings. The lowest BCUT2D eigenvalue weighted by atomic mass is 10.1. The molecule has 0 aliphatic carbocycles. The molecular weight excluding hydrogens is 294 g/mol. The minimum absolute atomic E-state index is 0.0757. The number of fused-ring (bicyclic) bond motifs is 3. The maximum absolute atomic E-state index is 12.3. The lowest BCUT2D eigenvalue weighted by Gasteiger charge is -2.27. The molecule has 0 saturated carbocycles. The van der Waals surface area contributed by atoms with Gasteiger partial charge in [-0.3, -0.25) is 4.79 Å². The van der Waals surface area contributed by atoms with E-state index in [1.807, 2.05) is 4.90 Å². The Morgan fingerprint density at radius 2 is 2.09 bits per heavy atom. The fraction of sp³-hybridized carbons (Fsp3) is 0.529. The summed E-state index contributed by atoms with van der Waals surface area (Å²) >= 11 is 0. The van der Waals surface area contributed by atoms with Crippen LogP contribution in [0.2, 0.25) is 0 Å². The van der Waals surface area contributed by atoms with Gasteiger partial charge in [0.2, 0.25) is 0 Å². The summed E-state index contributed by atoms with van der Waals surface area (Å²) < 4.78 is 0. The van der Waals surface area contributed by atoms with Gasteiger partial charge in [0.1, 0.15) is 0 Å². The zero-order chi connectivity index (χ0) is 16.2. The van der Waals surface area contributed by atoms with Crippen LogP contribution in [0.15, 0.2) is 24.3 Å². The number of amides is 2. The Morgan fingerprint density at radius 3 is 2.91 bits per heavy atom. The van der Waals surface area contributed by atoms with Gasteiger partial charge in [-0.15, -0.1) is 0 Å². The van der Waals surface area contributed by atoms with E-state index in [1.165, 1.54) is 11.3 Å². The van der Waals surface area contributed by atoms with E-state index in [0.29, 0.717) is 19.0 Å². The number of para-hydroxylation sites is 1. The molecule has 0 aromatic heterocycles. The summed E-state index contributed by atoms with van der Waals surface area (Å²) in [4.78, 5) is 27.1. The lowest BCUT2D eigenvalue weighted by molar-refractivity contribution is -0.137. The number of carbonyl (C=O) groups is 2. The summed E-state index contributed by atoms with van der Waals surface area (Å²) in [7, 11) is 0. The first-order chi connectivity index (χ1) is 11.1. The Morgan fingerprint density at radius 1 is 1.26 bits per heavy atom. The van der Waals surface area contributed by atoms with Gasteiger partial charge in [-0.25, -0.2) is 4.79 Å². The van der Waals surface area contributed by atoms with E-state index in [2.05, 4.69) is 34.5 Å². The maximum atomic E-state index is 12.3. The number of rotatable bonds is 4. The lowest BCUT2D eigenvalue weighted by Crippen LogP contribution is -2.45. The molecule has 2 aliphatic rings. The average molecular weight is 317 g/mol. The molecule has 0 spiro atoms. The Balaban J connectivity index is 1.56. The predicted molar refractivity (Wildman–Crippen MR) is 87.7 cm³/mol. The summed E-state index contributed by atoms with van der Waals surface area (Å²) in [6.45, 7) is 2.86. The molecule has 1 saturated heterocycles. The highest BCUT2D eigenvalue weighted by Crippen LogP contribution is 2.33. The van der Waals surface area contributed by atoms with Crippen molar-refractivity contribution in [2.45, 2.75) is 31.7 Å². The Labute approximate surface area is 136 Å². The third-order valence-corrected chi connectivity index (χ3v) is 4.59. The fourth-order valence-corrected chi connectivity index (χ4v) is 3.50. The van der Waals surface area contributed by atoms with Gasteiger partial charge >= 0.3 is 12.0 Å². The molecular formula is C17H23N3O3. The summed E-state index contributed by atoms with van der Waals surface area (Å²) in [5.74, 6) is -0.826. The number of carbonyl (C=O) groups excluding carboxylic acids is 1. The number of aliphatic carboxylic acids is 1. The molecule has 1 unspecified atom stereocenters. The molecule has 2 N–H and O–H groups in total. The van der Waals surface area contributed by atoms with Crippen molar-refractivity contribution in [3.05, 3.63) is 29.8 Å². The van der Waals surface area contributed by atoms with E-state index >= 15 is 0 Å². The van der Waals surface area contributed by atoms with Crippen molar-refractivity contribution in [3.63, 3.8) is 0 Å². The quantitative estimate of drug-likeness (QED) is 0.829. The molecule has 1 atom stereocenters. The standard InChI is InChI=1S/C17H23N3O3/c21-16(22)7-3-8-18-17(23)19-9-4-10-20-14(12-19)11-13-5-1-2-6-15(13)20/h1-2,5-6,14H,3-4,7-12H2,(H,18,23)(H,21,22). The van der Waals surface area contributed by atoms with Gasteiger partial charge in [0.15, 0.2) is 0 Å². The number of benzene rings is 1. The summed E-state index contributed by atoms with van der Waals surface area (Å²) in [6.07, 6.45) is 2.49. The second-order valence-corrected chi connectivity index (χ2v) is 6.21. The number of urea groups is 1.